The third kappa shape index (κ3) is 5.94. The molecule has 0 rings (SSSR count). The zero-order chi connectivity index (χ0) is 8.85. The van der Waals surface area contributed by atoms with Gasteiger partial charge in [-0.2, -0.15) is 0 Å². The van der Waals surface area contributed by atoms with Crippen molar-refractivity contribution in [3.63, 3.8) is 0 Å². The Morgan fingerprint density at radius 2 is 2.08 bits per heavy atom. The molecule has 0 spiro atoms. The minimum Gasteiger partial charge on any atom is -0.480 e. The highest BCUT2D eigenvalue weighted by molar-refractivity contribution is 5.85. The van der Waals surface area contributed by atoms with Gasteiger partial charge in [-0.15, -0.1) is 12.4 Å². The monoisotopic (exact) mass is 196 g/mol. The molecular formula is C6H13ClN2O3. The van der Waals surface area contributed by atoms with Gasteiger partial charge in [0.05, 0.1) is 0 Å². The highest BCUT2D eigenvalue weighted by atomic mass is 35.5. The van der Waals surface area contributed by atoms with Crippen LogP contribution in [0.1, 0.15) is 12.8 Å². The van der Waals surface area contributed by atoms with Crippen molar-refractivity contribution in [3.8, 4) is 0 Å². The van der Waals surface area contributed by atoms with Gasteiger partial charge in [-0.05, 0) is 13.5 Å². The van der Waals surface area contributed by atoms with E-state index in [2.05, 4.69) is 5.32 Å². The molecule has 0 aliphatic carbocycles. The molecule has 1 unspecified atom stereocenters. The van der Waals surface area contributed by atoms with Crippen LogP contribution in [-0.4, -0.2) is 30.1 Å². The topological polar surface area (TPSA) is 92.4 Å². The van der Waals surface area contributed by atoms with Crippen molar-refractivity contribution in [2.24, 2.45) is 5.73 Å². The number of carboxylic acid groups (broad SMARTS) is 1. The van der Waals surface area contributed by atoms with E-state index in [1.54, 1.807) is 0 Å². The third-order valence-electron chi connectivity index (χ3n) is 1.33. The van der Waals surface area contributed by atoms with Crippen LogP contribution >= 0.6 is 12.4 Å². The molecule has 5 nitrogen and oxygen atoms in total. The fourth-order valence-electron chi connectivity index (χ4n) is 0.678. The van der Waals surface area contributed by atoms with Gasteiger partial charge in [0, 0.05) is 6.42 Å². The zero-order valence-electron chi connectivity index (χ0n) is 6.74. The van der Waals surface area contributed by atoms with Crippen LogP contribution in [0.15, 0.2) is 0 Å². The van der Waals surface area contributed by atoms with Gasteiger partial charge in [0.2, 0.25) is 5.91 Å². The van der Waals surface area contributed by atoms with E-state index in [0.717, 1.165) is 0 Å². The predicted molar refractivity (Wildman–Crippen MR) is 46.2 cm³/mol. The Hall–Kier alpha value is -0.810. The summed E-state index contributed by atoms with van der Waals surface area (Å²) < 4.78 is 0. The molecule has 0 aromatic carbocycles. The minimum atomic E-state index is -0.964. The molecule has 0 saturated heterocycles. The van der Waals surface area contributed by atoms with Crippen molar-refractivity contribution in [2.75, 3.05) is 7.05 Å². The summed E-state index contributed by atoms with van der Waals surface area (Å²) in [6.45, 7) is 0. The van der Waals surface area contributed by atoms with Crippen LogP contribution in [0.4, 0.5) is 0 Å². The predicted octanol–water partition coefficient (Wildman–Crippen LogP) is -0.654. The number of carbonyl (C=O) groups excluding carboxylic acids is 1. The maximum absolute atomic E-state index is 10.3. The second kappa shape index (κ2) is 6.87. The molecule has 0 saturated carbocycles. The van der Waals surface area contributed by atoms with E-state index in [-0.39, 0.29) is 25.2 Å². The lowest BCUT2D eigenvalue weighted by Crippen LogP contribution is -2.34. The van der Waals surface area contributed by atoms with Crippen LogP contribution in [0, 0.1) is 0 Å². The van der Waals surface area contributed by atoms with Gasteiger partial charge in [-0.1, -0.05) is 0 Å². The van der Waals surface area contributed by atoms with Gasteiger partial charge in [-0.25, -0.2) is 0 Å². The number of primary amides is 1. The molecule has 0 aliphatic rings. The number of aliphatic carboxylic acids is 1. The minimum absolute atomic E-state index is 0. The van der Waals surface area contributed by atoms with Crippen molar-refractivity contribution in [2.45, 2.75) is 18.9 Å². The third-order valence-corrected chi connectivity index (χ3v) is 1.33. The summed E-state index contributed by atoms with van der Waals surface area (Å²) in [5, 5.41) is 11.0. The summed E-state index contributed by atoms with van der Waals surface area (Å²) in [5.41, 5.74) is 4.84. The maximum atomic E-state index is 10.3. The Morgan fingerprint density at radius 1 is 1.58 bits per heavy atom. The molecule has 72 valence electrons. The van der Waals surface area contributed by atoms with Crippen molar-refractivity contribution >= 4 is 24.3 Å². The Labute approximate surface area is 76.7 Å². The highest BCUT2D eigenvalue weighted by Gasteiger charge is 2.14. The molecule has 1 atom stereocenters. The van der Waals surface area contributed by atoms with Crippen molar-refractivity contribution in [1.29, 1.82) is 0 Å². The summed E-state index contributed by atoms with van der Waals surface area (Å²) >= 11 is 0. The van der Waals surface area contributed by atoms with Crippen LogP contribution in [0.2, 0.25) is 0 Å². The van der Waals surface area contributed by atoms with Gasteiger partial charge in [0.1, 0.15) is 6.04 Å². The largest absolute Gasteiger partial charge is 0.480 e. The van der Waals surface area contributed by atoms with Gasteiger partial charge in [-0.3, -0.25) is 9.59 Å². The number of hydrogen-bond acceptors (Lipinski definition) is 3. The smallest absolute Gasteiger partial charge is 0.320 e. The summed E-state index contributed by atoms with van der Waals surface area (Å²) in [7, 11) is 1.53. The molecule has 1 amide bonds. The molecule has 6 heteroatoms. The molecule has 0 bridgehead atoms. The number of halogens is 1. The van der Waals surface area contributed by atoms with Crippen molar-refractivity contribution in [1.82, 2.24) is 5.32 Å². The van der Waals surface area contributed by atoms with Crippen LogP contribution in [0.5, 0.6) is 0 Å². The maximum Gasteiger partial charge on any atom is 0.320 e. The first-order chi connectivity index (χ1) is 5.07. The molecule has 0 radical (unpaired) electrons. The molecule has 12 heavy (non-hydrogen) atoms. The zero-order valence-corrected chi connectivity index (χ0v) is 7.56. The summed E-state index contributed by atoms with van der Waals surface area (Å²) in [6, 6.07) is -0.678. The molecule has 0 aromatic heterocycles. The average molecular weight is 197 g/mol. The second-order valence-corrected chi connectivity index (χ2v) is 2.18. The quantitative estimate of drug-likeness (QED) is 0.545. The number of nitrogens with one attached hydrogen (secondary N) is 1. The first kappa shape index (κ1) is 13.8. The lowest BCUT2D eigenvalue weighted by Gasteiger charge is -2.08. The van der Waals surface area contributed by atoms with E-state index in [4.69, 9.17) is 10.8 Å². The lowest BCUT2D eigenvalue weighted by atomic mass is 10.1. The molecule has 0 fully saturated rings. The van der Waals surface area contributed by atoms with E-state index in [9.17, 15) is 9.59 Å². The summed E-state index contributed by atoms with van der Waals surface area (Å²) in [6.07, 6.45) is 0.332. The molecule has 0 heterocycles. The van der Waals surface area contributed by atoms with Crippen LogP contribution in [0.25, 0.3) is 0 Å². The first-order valence-corrected chi connectivity index (χ1v) is 3.26. The normalized spacial score (nSPS) is 11.4. The van der Waals surface area contributed by atoms with E-state index >= 15 is 0 Å². The number of carboxylic acids is 1. The number of hydrogen-bond donors (Lipinski definition) is 3. The molecule has 4 N–H and O–H groups in total. The number of amides is 1. The van der Waals surface area contributed by atoms with Gasteiger partial charge < -0.3 is 16.2 Å². The average Bonchev–Trinajstić information content (AvgIpc) is 1.87. The molecular weight excluding hydrogens is 184 g/mol. The van der Waals surface area contributed by atoms with E-state index in [0.29, 0.717) is 0 Å². The number of nitrogens with two attached hydrogens (primary N) is 1. The van der Waals surface area contributed by atoms with Crippen LogP contribution in [-0.2, 0) is 9.59 Å². The number of likely N-dealkylation sites (N-methyl/N-ethyl adjacent to an activating group) is 1. The Bertz CT molecular complexity index is 163. The highest BCUT2D eigenvalue weighted by Crippen LogP contribution is 1.95. The van der Waals surface area contributed by atoms with Gasteiger partial charge >= 0.3 is 5.97 Å². The summed E-state index contributed by atoms with van der Waals surface area (Å²) in [5.74, 6) is -1.44. The Balaban J connectivity index is 0. The van der Waals surface area contributed by atoms with Crippen LogP contribution < -0.4 is 11.1 Å². The van der Waals surface area contributed by atoms with Crippen molar-refractivity contribution in [3.05, 3.63) is 0 Å². The van der Waals surface area contributed by atoms with Gasteiger partial charge in [0.15, 0.2) is 0 Å². The Kier molecular flexibility index (Phi) is 7.88. The molecule has 0 aromatic rings. The van der Waals surface area contributed by atoms with E-state index in [1.165, 1.54) is 7.05 Å². The van der Waals surface area contributed by atoms with E-state index in [1.807, 2.05) is 0 Å². The number of carbonyl (C=O) groups is 2. The fraction of sp³-hybridized carbons (Fsp3) is 0.667. The Morgan fingerprint density at radius 3 is 2.33 bits per heavy atom. The van der Waals surface area contributed by atoms with Crippen LogP contribution in [0.3, 0.4) is 0 Å². The lowest BCUT2D eigenvalue weighted by molar-refractivity contribution is -0.139. The fourth-order valence-corrected chi connectivity index (χ4v) is 0.678. The second-order valence-electron chi connectivity index (χ2n) is 2.18. The first-order valence-electron chi connectivity index (χ1n) is 3.26. The standard InChI is InChI=1S/C6H12N2O3.ClH/c1-8-4(6(10)11)2-3-5(7)9;/h4,8H,2-3H2,1H3,(H2,7,9)(H,10,11);1H. The van der Waals surface area contributed by atoms with Gasteiger partial charge in [0.25, 0.3) is 0 Å². The summed E-state index contributed by atoms with van der Waals surface area (Å²) in [4.78, 5) is 20.6. The molecule has 0 aliphatic heterocycles. The number of rotatable bonds is 5. The van der Waals surface area contributed by atoms with E-state index < -0.39 is 17.9 Å². The van der Waals surface area contributed by atoms with Crippen molar-refractivity contribution < 1.29 is 14.7 Å². The SMILES string of the molecule is CNC(CCC(N)=O)C(=O)O.Cl.